The lowest BCUT2D eigenvalue weighted by atomic mass is 10.3. The Morgan fingerprint density at radius 3 is 2.40 bits per heavy atom. The Labute approximate surface area is 122 Å². The first-order chi connectivity index (χ1) is 9.80. The fraction of sp³-hybridized carbons (Fsp3) is 0.733. The van der Waals surface area contributed by atoms with Crippen LogP contribution in [0.1, 0.15) is 45.9 Å². The number of aromatic nitrogens is 2. The van der Waals surface area contributed by atoms with Crippen LogP contribution in [0.4, 0.5) is 11.6 Å². The Hall–Kier alpha value is -1.36. The first kappa shape index (κ1) is 16.7. The van der Waals surface area contributed by atoms with Crippen LogP contribution in [0, 0.1) is 0 Å². The van der Waals surface area contributed by atoms with E-state index in [0.717, 1.165) is 56.4 Å². The third-order valence-electron chi connectivity index (χ3n) is 2.80. The van der Waals surface area contributed by atoms with Crippen molar-refractivity contribution >= 4 is 11.6 Å². The molecule has 2 N–H and O–H groups in total. The first-order valence-corrected chi connectivity index (χ1v) is 7.73. The standard InChI is InChI=1S/C15H28N4O/c1-4-7-10-20-11-9-17-15-12-14(16-6-3)18-13(19-15)8-5-2/h12H,4-11H2,1-3H3,(H2,16,17,18,19). The van der Waals surface area contributed by atoms with E-state index < -0.39 is 0 Å². The molecule has 0 aliphatic rings. The van der Waals surface area contributed by atoms with Crippen LogP contribution in [0.15, 0.2) is 6.07 Å². The maximum atomic E-state index is 5.53. The minimum Gasteiger partial charge on any atom is -0.380 e. The van der Waals surface area contributed by atoms with Crippen molar-refractivity contribution in [2.75, 3.05) is 36.9 Å². The number of ether oxygens (including phenoxy) is 1. The minimum atomic E-state index is 0.712. The molecule has 0 aliphatic heterocycles. The van der Waals surface area contributed by atoms with Crippen LogP contribution in [0.25, 0.3) is 0 Å². The van der Waals surface area contributed by atoms with Crippen LogP contribution in [0.3, 0.4) is 0 Å². The smallest absolute Gasteiger partial charge is 0.133 e. The van der Waals surface area contributed by atoms with E-state index in [4.69, 9.17) is 4.74 Å². The van der Waals surface area contributed by atoms with Crippen molar-refractivity contribution in [1.29, 1.82) is 0 Å². The Bertz CT molecular complexity index is 347. The van der Waals surface area contributed by atoms with Crippen LogP contribution in [-0.2, 0) is 11.2 Å². The molecule has 1 heterocycles. The summed E-state index contributed by atoms with van der Waals surface area (Å²) < 4.78 is 5.53. The zero-order valence-electron chi connectivity index (χ0n) is 13.0. The topological polar surface area (TPSA) is 59.1 Å². The molecule has 0 radical (unpaired) electrons. The van der Waals surface area contributed by atoms with Gasteiger partial charge in [-0.05, 0) is 19.8 Å². The molecule has 0 aliphatic carbocycles. The van der Waals surface area contributed by atoms with Gasteiger partial charge in [-0.3, -0.25) is 0 Å². The summed E-state index contributed by atoms with van der Waals surface area (Å²) in [6, 6.07) is 1.95. The maximum absolute atomic E-state index is 5.53. The molecule has 0 unspecified atom stereocenters. The van der Waals surface area contributed by atoms with E-state index in [-0.39, 0.29) is 0 Å². The Morgan fingerprint density at radius 2 is 1.75 bits per heavy atom. The van der Waals surface area contributed by atoms with Gasteiger partial charge in [0.25, 0.3) is 0 Å². The molecule has 0 aromatic carbocycles. The zero-order valence-corrected chi connectivity index (χ0v) is 13.0. The molecular formula is C15H28N4O. The van der Waals surface area contributed by atoms with Crippen molar-refractivity contribution in [1.82, 2.24) is 9.97 Å². The molecule has 0 amide bonds. The molecule has 20 heavy (non-hydrogen) atoms. The summed E-state index contributed by atoms with van der Waals surface area (Å²) in [5.74, 6) is 2.65. The zero-order chi connectivity index (χ0) is 14.6. The molecule has 5 heteroatoms. The van der Waals surface area contributed by atoms with Crippen molar-refractivity contribution < 1.29 is 4.74 Å². The number of hydrogen-bond donors (Lipinski definition) is 2. The molecule has 5 nitrogen and oxygen atoms in total. The average molecular weight is 280 g/mol. The van der Waals surface area contributed by atoms with Gasteiger partial charge < -0.3 is 15.4 Å². The third kappa shape index (κ3) is 6.70. The SMILES string of the molecule is CCCCOCCNc1cc(NCC)nc(CCC)n1. The second-order valence-corrected chi connectivity index (χ2v) is 4.73. The van der Waals surface area contributed by atoms with E-state index in [1.54, 1.807) is 0 Å². The van der Waals surface area contributed by atoms with Gasteiger partial charge in [-0.1, -0.05) is 20.3 Å². The Kier molecular flexibility index (Phi) is 8.71. The number of anilines is 2. The summed E-state index contributed by atoms with van der Waals surface area (Å²) in [6.45, 7) is 9.56. The predicted molar refractivity (Wildman–Crippen MR) is 84.4 cm³/mol. The highest BCUT2D eigenvalue weighted by molar-refractivity contribution is 5.47. The minimum absolute atomic E-state index is 0.712. The summed E-state index contributed by atoms with van der Waals surface area (Å²) in [5.41, 5.74) is 0. The number of rotatable bonds is 11. The van der Waals surface area contributed by atoms with Crippen molar-refractivity contribution in [2.45, 2.75) is 46.5 Å². The summed E-state index contributed by atoms with van der Waals surface area (Å²) in [4.78, 5) is 9.01. The quantitative estimate of drug-likeness (QED) is 0.610. The monoisotopic (exact) mass is 280 g/mol. The molecule has 0 saturated heterocycles. The van der Waals surface area contributed by atoms with E-state index >= 15 is 0 Å². The van der Waals surface area contributed by atoms with Crippen molar-refractivity contribution in [2.24, 2.45) is 0 Å². The second kappa shape index (κ2) is 10.4. The van der Waals surface area contributed by atoms with Crippen LogP contribution in [0.5, 0.6) is 0 Å². The highest BCUT2D eigenvalue weighted by Gasteiger charge is 2.03. The molecule has 114 valence electrons. The van der Waals surface area contributed by atoms with Crippen molar-refractivity contribution in [3.8, 4) is 0 Å². The fourth-order valence-electron chi connectivity index (χ4n) is 1.79. The highest BCUT2D eigenvalue weighted by atomic mass is 16.5. The van der Waals surface area contributed by atoms with Gasteiger partial charge >= 0.3 is 0 Å². The van der Waals surface area contributed by atoms with E-state index in [0.29, 0.717) is 6.61 Å². The van der Waals surface area contributed by atoms with Gasteiger partial charge in [0.05, 0.1) is 6.61 Å². The lowest BCUT2D eigenvalue weighted by Gasteiger charge is -2.10. The van der Waals surface area contributed by atoms with Gasteiger partial charge in [0.2, 0.25) is 0 Å². The molecule has 0 fully saturated rings. The van der Waals surface area contributed by atoms with Gasteiger partial charge in [0.1, 0.15) is 17.5 Å². The van der Waals surface area contributed by atoms with Gasteiger partial charge in [-0.15, -0.1) is 0 Å². The summed E-state index contributed by atoms with van der Waals surface area (Å²) >= 11 is 0. The molecule has 0 atom stereocenters. The van der Waals surface area contributed by atoms with E-state index in [1.807, 2.05) is 6.07 Å². The normalized spacial score (nSPS) is 10.6. The second-order valence-electron chi connectivity index (χ2n) is 4.73. The molecule has 1 aromatic rings. The number of nitrogens with one attached hydrogen (secondary N) is 2. The molecule has 1 aromatic heterocycles. The van der Waals surface area contributed by atoms with Crippen LogP contribution in [-0.4, -0.2) is 36.3 Å². The summed E-state index contributed by atoms with van der Waals surface area (Å²) in [5, 5.41) is 6.55. The number of unbranched alkanes of at least 4 members (excludes halogenated alkanes) is 1. The van der Waals surface area contributed by atoms with Crippen molar-refractivity contribution in [3.63, 3.8) is 0 Å². The van der Waals surface area contributed by atoms with Crippen LogP contribution >= 0.6 is 0 Å². The Balaban J connectivity index is 2.46. The lowest BCUT2D eigenvalue weighted by molar-refractivity contribution is 0.141. The molecule has 0 bridgehead atoms. The molecule has 0 spiro atoms. The van der Waals surface area contributed by atoms with Crippen LogP contribution in [0.2, 0.25) is 0 Å². The van der Waals surface area contributed by atoms with E-state index in [9.17, 15) is 0 Å². The highest BCUT2D eigenvalue weighted by Crippen LogP contribution is 2.12. The maximum Gasteiger partial charge on any atom is 0.133 e. The average Bonchev–Trinajstić information content (AvgIpc) is 2.43. The van der Waals surface area contributed by atoms with E-state index in [1.165, 1.54) is 6.42 Å². The molecule has 0 saturated carbocycles. The number of nitrogens with zero attached hydrogens (tertiary/aromatic N) is 2. The fourth-order valence-corrected chi connectivity index (χ4v) is 1.79. The van der Waals surface area contributed by atoms with Gasteiger partial charge in [-0.2, -0.15) is 0 Å². The van der Waals surface area contributed by atoms with Gasteiger partial charge in [0, 0.05) is 32.2 Å². The van der Waals surface area contributed by atoms with Gasteiger partial charge in [0.15, 0.2) is 0 Å². The lowest BCUT2D eigenvalue weighted by Crippen LogP contribution is -2.13. The Morgan fingerprint density at radius 1 is 1.00 bits per heavy atom. The largest absolute Gasteiger partial charge is 0.380 e. The summed E-state index contributed by atoms with van der Waals surface area (Å²) in [6.07, 6.45) is 4.25. The predicted octanol–water partition coefficient (Wildman–Crippen LogP) is 3.09. The first-order valence-electron chi connectivity index (χ1n) is 7.73. The van der Waals surface area contributed by atoms with E-state index in [2.05, 4.69) is 41.4 Å². The van der Waals surface area contributed by atoms with Crippen molar-refractivity contribution in [3.05, 3.63) is 11.9 Å². The number of aryl methyl sites for hydroxylation is 1. The van der Waals surface area contributed by atoms with Crippen LogP contribution < -0.4 is 10.6 Å². The van der Waals surface area contributed by atoms with Gasteiger partial charge in [-0.25, -0.2) is 9.97 Å². The third-order valence-corrected chi connectivity index (χ3v) is 2.80. The molecule has 1 rings (SSSR count). The molecular weight excluding hydrogens is 252 g/mol. The summed E-state index contributed by atoms with van der Waals surface area (Å²) in [7, 11) is 0. The number of hydrogen-bond acceptors (Lipinski definition) is 5.